The molecule has 0 bridgehead atoms. The summed E-state index contributed by atoms with van der Waals surface area (Å²) in [5.41, 5.74) is 0.769. The van der Waals surface area contributed by atoms with Gasteiger partial charge in [0, 0.05) is 20.8 Å². The van der Waals surface area contributed by atoms with E-state index in [0.29, 0.717) is 0 Å². The van der Waals surface area contributed by atoms with Crippen molar-refractivity contribution in [1.29, 1.82) is 0 Å². The predicted octanol–water partition coefficient (Wildman–Crippen LogP) is 0.896. The number of methoxy groups -OCH3 is 1. The smallest absolute Gasteiger partial charge is 0.339 e. The van der Waals surface area contributed by atoms with E-state index in [2.05, 4.69) is 0 Å². The lowest BCUT2D eigenvalue weighted by Gasteiger charge is -2.43. The maximum atomic E-state index is 12.3. The van der Waals surface area contributed by atoms with Crippen LogP contribution in [0.3, 0.4) is 0 Å². The van der Waals surface area contributed by atoms with E-state index in [0.717, 1.165) is 33.4 Å². The summed E-state index contributed by atoms with van der Waals surface area (Å²) in [5.74, 6) is -3.06. The molecule has 3 unspecified atom stereocenters. The molecular weight excluding hydrogens is 400 g/mol. The molecule has 0 aliphatic carbocycles. The van der Waals surface area contributed by atoms with Gasteiger partial charge in [0.2, 0.25) is 6.29 Å². The molecule has 0 amide bonds. The first kappa shape index (κ1) is 23.3. The van der Waals surface area contributed by atoms with E-state index in [1.54, 1.807) is 24.3 Å². The van der Waals surface area contributed by atoms with Crippen molar-refractivity contribution in [2.45, 2.75) is 58.1 Å². The van der Waals surface area contributed by atoms with Crippen molar-refractivity contribution in [1.82, 2.24) is 0 Å². The topological polar surface area (TPSA) is 124 Å². The van der Waals surface area contributed by atoms with Gasteiger partial charge in [-0.05, 0) is 5.56 Å². The number of esters is 4. The standard InChI is InChI=1S/C20H24O10/c1-11(21)27-16-15(26-10-14-8-6-5-7-9-14)18(28-12(2)22)20(29-13(3)23)30-17(16)19(24)25-4/h5-9,15-18,20H,10H2,1-4H3/t15-,16-,17?,18?,20?/m1/s1. The van der Waals surface area contributed by atoms with Crippen LogP contribution in [0.5, 0.6) is 0 Å². The van der Waals surface area contributed by atoms with Crippen molar-refractivity contribution < 1.29 is 47.6 Å². The van der Waals surface area contributed by atoms with Gasteiger partial charge >= 0.3 is 23.9 Å². The Labute approximate surface area is 173 Å². The number of ether oxygens (including phenoxy) is 6. The quantitative estimate of drug-likeness (QED) is 0.460. The summed E-state index contributed by atoms with van der Waals surface area (Å²) in [7, 11) is 1.12. The Morgan fingerprint density at radius 2 is 1.40 bits per heavy atom. The first-order chi connectivity index (χ1) is 14.2. The van der Waals surface area contributed by atoms with Crippen LogP contribution in [0.2, 0.25) is 0 Å². The molecule has 164 valence electrons. The van der Waals surface area contributed by atoms with Gasteiger partial charge in [-0.3, -0.25) is 14.4 Å². The fraction of sp³-hybridized carbons (Fsp3) is 0.500. The highest BCUT2D eigenvalue weighted by molar-refractivity contribution is 5.77. The van der Waals surface area contributed by atoms with Crippen LogP contribution >= 0.6 is 0 Å². The number of hydrogen-bond acceptors (Lipinski definition) is 10. The summed E-state index contributed by atoms with van der Waals surface area (Å²) in [6.45, 7) is 3.44. The van der Waals surface area contributed by atoms with E-state index < -0.39 is 54.6 Å². The molecule has 1 aliphatic heterocycles. The van der Waals surface area contributed by atoms with Crippen LogP contribution in [0, 0.1) is 0 Å². The van der Waals surface area contributed by atoms with Gasteiger partial charge in [0.1, 0.15) is 6.10 Å². The van der Waals surface area contributed by atoms with E-state index in [9.17, 15) is 19.2 Å². The Kier molecular flexibility index (Phi) is 8.31. The number of hydrogen-bond donors (Lipinski definition) is 0. The number of rotatable bonds is 7. The van der Waals surface area contributed by atoms with Crippen LogP contribution in [0.15, 0.2) is 30.3 Å². The molecule has 0 aromatic heterocycles. The minimum atomic E-state index is -1.48. The maximum absolute atomic E-state index is 12.3. The summed E-state index contributed by atoms with van der Waals surface area (Å²) in [6, 6.07) is 9.01. The van der Waals surface area contributed by atoms with Crippen LogP contribution < -0.4 is 0 Å². The van der Waals surface area contributed by atoms with Crippen LogP contribution in [0.4, 0.5) is 0 Å². The molecule has 1 fully saturated rings. The third-order valence-corrected chi connectivity index (χ3v) is 4.10. The van der Waals surface area contributed by atoms with Gasteiger partial charge in [-0.2, -0.15) is 0 Å². The SMILES string of the molecule is COC(=O)C1OC(OC(C)=O)C(OC(C)=O)[C@H](OCc2ccccc2)[C@H]1OC(C)=O. The van der Waals surface area contributed by atoms with Crippen LogP contribution in [0.25, 0.3) is 0 Å². The molecule has 1 aliphatic rings. The molecule has 2 rings (SSSR count). The Morgan fingerprint density at radius 1 is 0.833 bits per heavy atom. The minimum Gasteiger partial charge on any atom is -0.467 e. The predicted molar refractivity (Wildman–Crippen MR) is 98.6 cm³/mol. The third kappa shape index (κ3) is 6.26. The molecule has 1 aromatic rings. The lowest BCUT2D eigenvalue weighted by molar-refractivity contribution is -0.299. The summed E-state index contributed by atoms with van der Waals surface area (Å²) in [4.78, 5) is 47.2. The molecule has 0 saturated carbocycles. The van der Waals surface area contributed by atoms with Gasteiger partial charge in [-0.15, -0.1) is 0 Å². The zero-order valence-corrected chi connectivity index (χ0v) is 17.1. The lowest BCUT2D eigenvalue weighted by atomic mass is 9.97. The van der Waals surface area contributed by atoms with Crippen molar-refractivity contribution in [3.05, 3.63) is 35.9 Å². The highest BCUT2D eigenvalue weighted by Crippen LogP contribution is 2.30. The fourth-order valence-corrected chi connectivity index (χ4v) is 2.97. The van der Waals surface area contributed by atoms with Gasteiger partial charge in [0.15, 0.2) is 18.3 Å². The Morgan fingerprint density at radius 3 is 1.93 bits per heavy atom. The largest absolute Gasteiger partial charge is 0.467 e. The molecule has 10 nitrogen and oxygen atoms in total. The van der Waals surface area contributed by atoms with Crippen molar-refractivity contribution in [3.63, 3.8) is 0 Å². The zero-order chi connectivity index (χ0) is 22.3. The number of carbonyl (C=O) groups excluding carboxylic acids is 4. The van der Waals surface area contributed by atoms with Crippen molar-refractivity contribution >= 4 is 23.9 Å². The summed E-state index contributed by atoms with van der Waals surface area (Å²) >= 11 is 0. The van der Waals surface area contributed by atoms with E-state index in [-0.39, 0.29) is 6.61 Å². The summed E-state index contributed by atoms with van der Waals surface area (Å²) in [6.07, 6.45) is -6.78. The zero-order valence-electron chi connectivity index (χ0n) is 17.1. The van der Waals surface area contributed by atoms with Crippen LogP contribution in [0.1, 0.15) is 26.3 Å². The van der Waals surface area contributed by atoms with E-state index in [1.165, 1.54) is 0 Å². The van der Waals surface area contributed by atoms with Crippen molar-refractivity contribution in [3.8, 4) is 0 Å². The molecule has 1 aromatic carbocycles. The molecule has 30 heavy (non-hydrogen) atoms. The molecule has 1 heterocycles. The second-order valence-corrected chi connectivity index (χ2v) is 6.47. The average molecular weight is 424 g/mol. The van der Waals surface area contributed by atoms with Gasteiger partial charge in [0.05, 0.1) is 13.7 Å². The lowest BCUT2D eigenvalue weighted by Crippen LogP contribution is -2.63. The normalized spacial score (nSPS) is 25.7. The molecular formula is C20H24O10. The number of benzene rings is 1. The first-order valence-corrected chi connectivity index (χ1v) is 9.13. The van der Waals surface area contributed by atoms with E-state index in [1.807, 2.05) is 6.07 Å². The van der Waals surface area contributed by atoms with Gasteiger partial charge < -0.3 is 28.4 Å². The molecule has 0 radical (unpaired) electrons. The molecule has 0 spiro atoms. The Hall–Kier alpha value is -2.98. The van der Waals surface area contributed by atoms with Gasteiger partial charge in [-0.25, -0.2) is 4.79 Å². The average Bonchev–Trinajstić information content (AvgIpc) is 2.68. The fourth-order valence-electron chi connectivity index (χ4n) is 2.97. The molecule has 0 N–H and O–H groups in total. The third-order valence-electron chi connectivity index (χ3n) is 4.10. The molecule has 1 saturated heterocycles. The van der Waals surface area contributed by atoms with Crippen LogP contribution in [-0.2, 0) is 54.2 Å². The minimum absolute atomic E-state index is 0.0295. The Bertz CT molecular complexity index is 762. The monoisotopic (exact) mass is 424 g/mol. The van der Waals surface area contributed by atoms with Crippen molar-refractivity contribution in [2.75, 3.05) is 7.11 Å². The van der Waals surface area contributed by atoms with Gasteiger partial charge in [-0.1, -0.05) is 30.3 Å². The Balaban J connectivity index is 2.42. The summed E-state index contributed by atoms with van der Waals surface area (Å²) < 4.78 is 31.8. The maximum Gasteiger partial charge on any atom is 0.339 e. The molecule has 5 atom stereocenters. The van der Waals surface area contributed by atoms with E-state index >= 15 is 0 Å². The van der Waals surface area contributed by atoms with Crippen LogP contribution in [-0.4, -0.2) is 61.7 Å². The van der Waals surface area contributed by atoms with Crippen molar-refractivity contribution in [2.24, 2.45) is 0 Å². The highest BCUT2D eigenvalue weighted by Gasteiger charge is 2.54. The second kappa shape index (κ2) is 10.7. The second-order valence-electron chi connectivity index (χ2n) is 6.47. The van der Waals surface area contributed by atoms with E-state index in [4.69, 9.17) is 28.4 Å². The first-order valence-electron chi connectivity index (χ1n) is 9.13. The van der Waals surface area contributed by atoms with Gasteiger partial charge in [0.25, 0.3) is 0 Å². The number of carbonyl (C=O) groups is 4. The molecule has 10 heteroatoms. The highest BCUT2D eigenvalue weighted by atomic mass is 16.7. The summed E-state index contributed by atoms with van der Waals surface area (Å²) in [5, 5.41) is 0.